The fourth-order valence-corrected chi connectivity index (χ4v) is 3.84. The predicted octanol–water partition coefficient (Wildman–Crippen LogP) is 3.93. The molecule has 1 fully saturated rings. The summed E-state index contributed by atoms with van der Waals surface area (Å²) in [6.07, 6.45) is 6.45. The molecule has 0 bridgehead atoms. The lowest BCUT2D eigenvalue weighted by Gasteiger charge is -2.23. The third-order valence-corrected chi connectivity index (χ3v) is 5.72. The van der Waals surface area contributed by atoms with Crippen LogP contribution in [0.1, 0.15) is 61.3 Å². The number of aryl methyl sites for hydroxylation is 1. The van der Waals surface area contributed by atoms with Gasteiger partial charge in [-0.15, -0.1) is 0 Å². The molecule has 1 aliphatic rings. The number of fused-ring (bicyclic) bond motifs is 1. The first-order valence-corrected chi connectivity index (χ1v) is 11.1. The van der Waals surface area contributed by atoms with E-state index in [4.69, 9.17) is 0 Å². The minimum atomic E-state index is -0.0281. The highest BCUT2D eigenvalue weighted by Gasteiger charge is 2.25. The highest BCUT2D eigenvalue weighted by atomic mass is 16.1. The van der Waals surface area contributed by atoms with Crippen molar-refractivity contribution in [1.82, 2.24) is 20.2 Å². The fourth-order valence-electron chi connectivity index (χ4n) is 3.84. The van der Waals surface area contributed by atoms with Crippen LogP contribution in [0.15, 0.2) is 30.6 Å². The fraction of sp³-hybridized carbons (Fsp3) is 0.458. The zero-order valence-electron chi connectivity index (χ0n) is 18.2. The highest BCUT2D eigenvalue weighted by molar-refractivity contribution is 5.97. The van der Waals surface area contributed by atoms with E-state index in [-0.39, 0.29) is 18.0 Å². The molecule has 0 spiro atoms. The minimum Gasteiger partial charge on any atom is -0.356 e. The smallest absolute Gasteiger partial charge is 0.185 e. The molecule has 7 heteroatoms. The quantitative estimate of drug-likeness (QED) is 0.474. The lowest BCUT2D eigenvalue weighted by atomic mass is 10.0. The summed E-state index contributed by atoms with van der Waals surface area (Å²) >= 11 is 0. The molecule has 7 nitrogen and oxygen atoms in total. The van der Waals surface area contributed by atoms with Crippen LogP contribution < -0.4 is 4.90 Å². The number of nitrogens with zero attached hydrogens (tertiary/aromatic N) is 4. The van der Waals surface area contributed by atoms with Crippen molar-refractivity contribution in [2.45, 2.75) is 52.4 Å². The van der Waals surface area contributed by atoms with Gasteiger partial charge in [-0.3, -0.25) is 9.89 Å². The Kier molecular flexibility index (Phi) is 6.39. The van der Waals surface area contributed by atoms with Crippen molar-refractivity contribution in [2.24, 2.45) is 5.92 Å². The van der Waals surface area contributed by atoms with E-state index < -0.39 is 0 Å². The number of Topliss-reactive ketones (excluding diaryl/α,β-unsaturated/α-hetero) is 2. The Bertz CT molecular complexity index is 1090. The molecule has 0 amide bonds. The summed E-state index contributed by atoms with van der Waals surface area (Å²) in [7, 11) is 0. The lowest BCUT2D eigenvalue weighted by Crippen LogP contribution is -2.27. The number of anilines is 1. The Labute approximate surface area is 182 Å². The number of nitrogens with one attached hydrogen (secondary N) is 1. The molecule has 0 radical (unpaired) electrons. The van der Waals surface area contributed by atoms with Gasteiger partial charge in [0.2, 0.25) is 0 Å². The second-order valence-electron chi connectivity index (χ2n) is 8.51. The summed E-state index contributed by atoms with van der Waals surface area (Å²) in [5.41, 5.74) is 3.13. The van der Waals surface area contributed by atoms with Gasteiger partial charge in [-0.1, -0.05) is 13.0 Å². The second-order valence-corrected chi connectivity index (χ2v) is 8.51. The molecular weight excluding hydrogens is 390 g/mol. The van der Waals surface area contributed by atoms with Crippen molar-refractivity contribution in [2.75, 3.05) is 18.0 Å². The number of aromatic nitrogens is 4. The lowest BCUT2D eigenvalue weighted by molar-refractivity contribution is -0.116. The molecule has 1 aliphatic carbocycles. The van der Waals surface area contributed by atoms with Crippen LogP contribution in [-0.2, 0) is 17.6 Å². The van der Waals surface area contributed by atoms with Crippen LogP contribution in [0.5, 0.6) is 0 Å². The van der Waals surface area contributed by atoms with Crippen LogP contribution in [0.4, 0.5) is 5.82 Å². The number of aromatic amines is 1. The molecule has 2 aromatic heterocycles. The standard InChI is InChI=1S/C24H29N5O2/c1-3-10-29(14-17-5-6-17)24-13-22(25-15-26-24)23(31)12-18-7-9-21-19(11-18)20(27-28-21)8-4-16(2)30/h7,9,11,13,15,17H,3-6,8,10,12,14H2,1-2H3,(H,27,28). The Morgan fingerprint density at radius 2 is 2.03 bits per heavy atom. The van der Waals surface area contributed by atoms with Gasteiger partial charge in [-0.2, -0.15) is 5.10 Å². The third kappa shape index (κ3) is 5.34. The zero-order valence-corrected chi connectivity index (χ0v) is 18.2. The van der Waals surface area contributed by atoms with Gasteiger partial charge in [0.15, 0.2) is 5.78 Å². The van der Waals surface area contributed by atoms with E-state index in [1.54, 1.807) is 6.92 Å². The number of H-pyrrole nitrogens is 1. The van der Waals surface area contributed by atoms with Crippen molar-refractivity contribution in [3.63, 3.8) is 0 Å². The summed E-state index contributed by atoms with van der Waals surface area (Å²) in [5.74, 6) is 1.70. The SMILES string of the molecule is CCCN(CC1CC1)c1cc(C(=O)Cc2ccc3n[nH]c(CCC(C)=O)c3c2)ncn1. The Morgan fingerprint density at radius 3 is 2.77 bits per heavy atom. The average Bonchev–Trinajstić information content (AvgIpc) is 3.49. The Hall–Kier alpha value is -3.09. The van der Waals surface area contributed by atoms with Crippen LogP contribution >= 0.6 is 0 Å². The van der Waals surface area contributed by atoms with E-state index in [0.717, 1.165) is 53.4 Å². The van der Waals surface area contributed by atoms with Gasteiger partial charge in [0, 0.05) is 43.1 Å². The van der Waals surface area contributed by atoms with Crippen LogP contribution in [0.2, 0.25) is 0 Å². The number of hydrogen-bond acceptors (Lipinski definition) is 6. The topological polar surface area (TPSA) is 91.8 Å². The van der Waals surface area contributed by atoms with Crippen molar-refractivity contribution >= 4 is 28.3 Å². The number of benzene rings is 1. The van der Waals surface area contributed by atoms with Gasteiger partial charge in [0.05, 0.1) is 5.52 Å². The number of hydrogen-bond donors (Lipinski definition) is 1. The van der Waals surface area contributed by atoms with Crippen molar-refractivity contribution in [1.29, 1.82) is 0 Å². The van der Waals surface area contributed by atoms with Crippen molar-refractivity contribution in [3.8, 4) is 0 Å². The van der Waals surface area contributed by atoms with E-state index in [2.05, 4.69) is 32.0 Å². The molecule has 0 unspecified atom stereocenters. The monoisotopic (exact) mass is 419 g/mol. The maximum atomic E-state index is 13.0. The summed E-state index contributed by atoms with van der Waals surface area (Å²) in [6.45, 7) is 5.68. The van der Waals surface area contributed by atoms with Crippen molar-refractivity contribution in [3.05, 3.63) is 47.5 Å². The molecule has 3 aromatic rings. The van der Waals surface area contributed by atoms with Gasteiger partial charge < -0.3 is 9.69 Å². The number of carbonyl (C=O) groups is 2. The maximum Gasteiger partial charge on any atom is 0.185 e. The minimum absolute atomic E-state index is 0.0281. The summed E-state index contributed by atoms with van der Waals surface area (Å²) in [4.78, 5) is 35.3. The summed E-state index contributed by atoms with van der Waals surface area (Å²) in [5, 5.41) is 8.29. The zero-order chi connectivity index (χ0) is 21.8. The van der Waals surface area contributed by atoms with E-state index in [9.17, 15) is 9.59 Å². The highest BCUT2D eigenvalue weighted by Crippen LogP contribution is 2.31. The summed E-state index contributed by atoms with van der Waals surface area (Å²) < 4.78 is 0. The van der Waals surface area contributed by atoms with E-state index in [1.165, 1.54) is 19.2 Å². The molecule has 0 atom stereocenters. The summed E-state index contributed by atoms with van der Waals surface area (Å²) in [6, 6.07) is 7.66. The number of rotatable bonds is 11. The molecular formula is C24H29N5O2. The largest absolute Gasteiger partial charge is 0.356 e. The molecule has 1 saturated carbocycles. The number of ketones is 2. The predicted molar refractivity (Wildman–Crippen MR) is 120 cm³/mol. The normalized spacial score (nSPS) is 13.5. The van der Waals surface area contributed by atoms with Crippen LogP contribution in [0.25, 0.3) is 10.9 Å². The third-order valence-electron chi connectivity index (χ3n) is 5.72. The molecule has 1 aromatic carbocycles. The number of carbonyl (C=O) groups excluding carboxylic acids is 2. The molecule has 31 heavy (non-hydrogen) atoms. The molecule has 2 heterocycles. The average molecular weight is 420 g/mol. The van der Waals surface area contributed by atoms with Gasteiger partial charge in [-0.25, -0.2) is 9.97 Å². The Balaban J connectivity index is 1.50. The van der Waals surface area contributed by atoms with Crippen LogP contribution in [0, 0.1) is 5.92 Å². The van der Waals surface area contributed by atoms with E-state index in [0.29, 0.717) is 18.5 Å². The van der Waals surface area contributed by atoms with Crippen molar-refractivity contribution < 1.29 is 9.59 Å². The van der Waals surface area contributed by atoms with Crippen LogP contribution in [-0.4, -0.2) is 44.8 Å². The first kappa shape index (κ1) is 21.2. The first-order chi connectivity index (χ1) is 15.0. The first-order valence-electron chi connectivity index (χ1n) is 11.1. The van der Waals surface area contributed by atoms with E-state index >= 15 is 0 Å². The van der Waals surface area contributed by atoms with Gasteiger partial charge in [-0.05, 0) is 56.2 Å². The maximum absolute atomic E-state index is 13.0. The molecule has 4 rings (SSSR count). The molecule has 0 aliphatic heterocycles. The molecule has 0 saturated heterocycles. The second kappa shape index (κ2) is 9.37. The van der Waals surface area contributed by atoms with Gasteiger partial charge in [0.1, 0.15) is 23.6 Å². The van der Waals surface area contributed by atoms with Gasteiger partial charge in [0.25, 0.3) is 0 Å². The molecule has 162 valence electrons. The Morgan fingerprint density at radius 1 is 1.19 bits per heavy atom. The molecule has 1 N–H and O–H groups in total. The van der Waals surface area contributed by atoms with Gasteiger partial charge >= 0.3 is 0 Å². The van der Waals surface area contributed by atoms with E-state index in [1.807, 2.05) is 24.3 Å². The van der Waals surface area contributed by atoms with Crippen LogP contribution in [0.3, 0.4) is 0 Å².